The van der Waals surface area contributed by atoms with Crippen molar-refractivity contribution in [2.75, 3.05) is 6.61 Å². The van der Waals surface area contributed by atoms with Gasteiger partial charge in [0.1, 0.15) is 11.5 Å². The van der Waals surface area contributed by atoms with Crippen LogP contribution in [0, 0.1) is 0 Å². The van der Waals surface area contributed by atoms with Crippen LogP contribution in [0.1, 0.15) is 44.2 Å². The molecule has 3 aromatic rings. The molecule has 150 valence electrons. The number of nitrogens with zero attached hydrogens (tertiary/aromatic N) is 3. The summed E-state index contributed by atoms with van der Waals surface area (Å²) in [4.78, 5) is 4.44. The van der Waals surface area contributed by atoms with Crippen LogP contribution in [0.25, 0.3) is 0 Å². The van der Waals surface area contributed by atoms with E-state index in [2.05, 4.69) is 10.1 Å². The molecule has 3 rings (SSSR count). The average molecular weight is 405 g/mol. The van der Waals surface area contributed by atoms with Crippen molar-refractivity contribution in [1.29, 1.82) is 0 Å². The van der Waals surface area contributed by atoms with Gasteiger partial charge in [-0.1, -0.05) is 19.0 Å². The quantitative estimate of drug-likeness (QED) is 0.536. The Morgan fingerprint density at radius 2 is 1.89 bits per heavy atom. The van der Waals surface area contributed by atoms with Crippen molar-refractivity contribution in [3.63, 3.8) is 0 Å². The van der Waals surface area contributed by atoms with Gasteiger partial charge in [0, 0.05) is 5.92 Å². The van der Waals surface area contributed by atoms with Gasteiger partial charge < -0.3 is 13.7 Å². The van der Waals surface area contributed by atoms with Gasteiger partial charge in [0.25, 0.3) is 0 Å². The van der Waals surface area contributed by atoms with Gasteiger partial charge in [-0.3, -0.25) is 0 Å². The molecule has 0 aliphatic rings. The van der Waals surface area contributed by atoms with Gasteiger partial charge in [0.15, 0.2) is 5.82 Å². The number of aromatic nitrogens is 2. The second-order valence-corrected chi connectivity index (χ2v) is 8.40. The Balaban J connectivity index is 1.89. The molecule has 0 aliphatic heterocycles. The number of ether oxygens (including phenoxy) is 1. The molecule has 9 heteroatoms. The van der Waals surface area contributed by atoms with Gasteiger partial charge in [-0.25, -0.2) is 8.42 Å². The minimum Gasteiger partial charge on any atom is -0.494 e. The molecule has 0 aliphatic carbocycles. The lowest BCUT2D eigenvalue weighted by atomic mass is 10.2. The van der Waals surface area contributed by atoms with Crippen molar-refractivity contribution in [1.82, 2.24) is 14.4 Å². The maximum atomic E-state index is 13.2. The zero-order chi connectivity index (χ0) is 20.1. The minimum atomic E-state index is -3.82. The summed E-state index contributed by atoms with van der Waals surface area (Å²) in [5, 5.41) is 3.91. The van der Waals surface area contributed by atoms with Gasteiger partial charge in [-0.2, -0.15) is 9.29 Å². The van der Waals surface area contributed by atoms with Crippen LogP contribution in [-0.4, -0.2) is 29.5 Å². The van der Waals surface area contributed by atoms with Crippen molar-refractivity contribution >= 4 is 10.0 Å². The topological polar surface area (TPSA) is 98.7 Å². The van der Waals surface area contributed by atoms with Crippen LogP contribution in [0.2, 0.25) is 0 Å². The number of hydrogen-bond acceptors (Lipinski definition) is 7. The number of hydrogen-bond donors (Lipinski definition) is 0. The molecule has 0 saturated carbocycles. The molecule has 0 fully saturated rings. The maximum absolute atomic E-state index is 13.2. The molecule has 0 amide bonds. The maximum Gasteiger partial charge on any atom is 0.243 e. The summed E-state index contributed by atoms with van der Waals surface area (Å²) in [6, 6.07) is 9.73. The van der Waals surface area contributed by atoms with E-state index < -0.39 is 10.0 Å². The molecule has 1 aromatic carbocycles. The minimum absolute atomic E-state index is 0.0353. The van der Waals surface area contributed by atoms with E-state index in [4.69, 9.17) is 13.7 Å². The van der Waals surface area contributed by atoms with E-state index in [0.29, 0.717) is 29.8 Å². The van der Waals surface area contributed by atoms with Crippen molar-refractivity contribution < 1.29 is 22.1 Å². The standard InChI is InChI=1S/C19H23N3O5S/c1-4-25-15-7-9-17(10-8-15)28(23,24)22(12-16-6-5-11-26-16)13-18-20-19(14(2)3)27-21-18/h5-11,14H,4,12-13H2,1-3H3. The summed E-state index contributed by atoms with van der Waals surface area (Å²) in [5.74, 6) is 1.94. The van der Waals surface area contributed by atoms with Gasteiger partial charge in [-0.05, 0) is 43.3 Å². The predicted molar refractivity (Wildman–Crippen MR) is 101 cm³/mol. The molecule has 0 unspecified atom stereocenters. The molecular formula is C19H23N3O5S. The fourth-order valence-corrected chi connectivity index (χ4v) is 3.91. The SMILES string of the molecule is CCOc1ccc(S(=O)(=O)N(Cc2noc(C(C)C)n2)Cc2ccco2)cc1. The lowest BCUT2D eigenvalue weighted by Gasteiger charge is -2.20. The van der Waals surface area contributed by atoms with Gasteiger partial charge in [0.05, 0.1) is 30.9 Å². The van der Waals surface area contributed by atoms with Gasteiger partial charge >= 0.3 is 0 Å². The van der Waals surface area contributed by atoms with Crippen LogP contribution in [0.3, 0.4) is 0 Å². The van der Waals surface area contributed by atoms with Crippen molar-refractivity contribution in [3.8, 4) is 5.75 Å². The van der Waals surface area contributed by atoms with Crippen LogP contribution >= 0.6 is 0 Å². The summed E-state index contributed by atoms with van der Waals surface area (Å²) < 4.78 is 43.6. The largest absolute Gasteiger partial charge is 0.494 e. The predicted octanol–water partition coefficient (Wildman–Crippen LogP) is 3.58. The summed E-state index contributed by atoms with van der Waals surface area (Å²) >= 11 is 0. The summed E-state index contributed by atoms with van der Waals surface area (Å²) in [6.45, 7) is 6.24. The number of furan rings is 1. The van der Waals surface area contributed by atoms with Crippen LogP contribution in [0.4, 0.5) is 0 Å². The zero-order valence-electron chi connectivity index (χ0n) is 16.0. The smallest absolute Gasteiger partial charge is 0.243 e. The lowest BCUT2D eigenvalue weighted by Crippen LogP contribution is -2.30. The average Bonchev–Trinajstić information content (AvgIpc) is 3.34. The highest BCUT2D eigenvalue weighted by atomic mass is 32.2. The third kappa shape index (κ3) is 4.60. The normalized spacial score (nSPS) is 12.0. The van der Waals surface area contributed by atoms with E-state index in [-0.39, 0.29) is 23.9 Å². The van der Waals surface area contributed by atoms with E-state index in [1.807, 2.05) is 20.8 Å². The van der Waals surface area contributed by atoms with Crippen LogP contribution in [0.5, 0.6) is 5.75 Å². The molecule has 28 heavy (non-hydrogen) atoms. The van der Waals surface area contributed by atoms with Crippen molar-refractivity contribution in [3.05, 3.63) is 60.1 Å². The Hall–Kier alpha value is -2.65. The molecule has 0 spiro atoms. The number of benzene rings is 1. The first-order valence-electron chi connectivity index (χ1n) is 8.98. The summed E-state index contributed by atoms with van der Waals surface area (Å²) in [6.07, 6.45) is 1.50. The molecule has 8 nitrogen and oxygen atoms in total. The Morgan fingerprint density at radius 3 is 2.46 bits per heavy atom. The highest BCUT2D eigenvalue weighted by Gasteiger charge is 2.28. The molecule has 0 atom stereocenters. The van der Waals surface area contributed by atoms with Crippen LogP contribution < -0.4 is 4.74 Å². The van der Waals surface area contributed by atoms with E-state index in [1.165, 1.54) is 22.7 Å². The first kappa shape index (κ1) is 20.1. The molecule has 0 bridgehead atoms. The van der Waals surface area contributed by atoms with Crippen LogP contribution in [0.15, 0.2) is 56.5 Å². The molecule has 0 radical (unpaired) electrons. The second kappa shape index (κ2) is 8.57. The highest BCUT2D eigenvalue weighted by molar-refractivity contribution is 7.89. The Labute approximate surface area is 164 Å². The lowest BCUT2D eigenvalue weighted by molar-refractivity contribution is 0.332. The highest BCUT2D eigenvalue weighted by Crippen LogP contribution is 2.23. The third-order valence-electron chi connectivity index (χ3n) is 3.98. The molecule has 2 aromatic heterocycles. The van der Waals surface area contributed by atoms with Gasteiger partial charge in [-0.15, -0.1) is 0 Å². The molecule has 0 N–H and O–H groups in total. The van der Waals surface area contributed by atoms with Gasteiger partial charge in [0.2, 0.25) is 15.9 Å². The van der Waals surface area contributed by atoms with E-state index in [1.54, 1.807) is 24.3 Å². The number of rotatable bonds is 9. The first-order chi connectivity index (χ1) is 13.4. The second-order valence-electron chi connectivity index (χ2n) is 6.46. The Bertz CT molecular complexity index is 979. The zero-order valence-corrected chi connectivity index (χ0v) is 16.8. The molecule has 2 heterocycles. The monoisotopic (exact) mass is 405 g/mol. The van der Waals surface area contributed by atoms with E-state index >= 15 is 0 Å². The van der Waals surface area contributed by atoms with Crippen molar-refractivity contribution in [2.45, 2.75) is 44.7 Å². The third-order valence-corrected chi connectivity index (χ3v) is 5.79. The molecular weight excluding hydrogens is 382 g/mol. The Morgan fingerprint density at radius 1 is 1.14 bits per heavy atom. The van der Waals surface area contributed by atoms with E-state index in [9.17, 15) is 8.42 Å². The fourth-order valence-electron chi connectivity index (χ4n) is 2.55. The Kier molecular flexibility index (Phi) is 6.15. The first-order valence-corrected chi connectivity index (χ1v) is 10.4. The molecule has 0 saturated heterocycles. The summed E-state index contributed by atoms with van der Waals surface area (Å²) in [5.41, 5.74) is 0. The summed E-state index contributed by atoms with van der Waals surface area (Å²) in [7, 11) is -3.82. The fraction of sp³-hybridized carbons (Fsp3) is 0.368. The van der Waals surface area contributed by atoms with Crippen LogP contribution in [-0.2, 0) is 23.1 Å². The van der Waals surface area contributed by atoms with Crippen molar-refractivity contribution in [2.24, 2.45) is 0 Å². The van der Waals surface area contributed by atoms with E-state index in [0.717, 1.165) is 0 Å². The number of sulfonamides is 1.